The van der Waals surface area contributed by atoms with E-state index in [-0.39, 0.29) is 35.1 Å². The fraction of sp³-hybridized carbons (Fsp3) is 0.300. The van der Waals surface area contributed by atoms with Crippen LogP contribution < -0.4 is 5.32 Å². The van der Waals surface area contributed by atoms with Crippen LogP contribution in [0.3, 0.4) is 0 Å². The SMILES string of the molecule is CCCCN1C(=O)c2ccc(C(=O)Nc3sccc3C(=O)OCC)cc2C1=O. The van der Waals surface area contributed by atoms with Crippen LogP contribution in [0, 0.1) is 0 Å². The van der Waals surface area contributed by atoms with Crippen LogP contribution in [0.15, 0.2) is 29.6 Å². The molecule has 146 valence electrons. The maximum Gasteiger partial charge on any atom is 0.341 e. The smallest absolute Gasteiger partial charge is 0.341 e. The number of thiophene rings is 1. The highest BCUT2D eigenvalue weighted by atomic mass is 32.1. The van der Waals surface area contributed by atoms with Gasteiger partial charge in [0, 0.05) is 12.1 Å². The predicted molar refractivity (Wildman–Crippen MR) is 105 cm³/mol. The monoisotopic (exact) mass is 400 g/mol. The Hall–Kier alpha value is -3.00. The highest BCUT2D eigenvalue weighted by molar-refractivity contribution is 7.14. The van der Waals surface area contributed by atoms with Crippen molar-refractivity contribution in [1.82, 2.24) is 4.90 Å². The van der Waals surface area contributed by atoms with Crippen molar-refractivity contribution in [2.24, 2.45) is 0 Å². The van der Waals surface area contributed by atoms with Crippen LogP contribution in [-0.2, 0) is 4.74 Å². The first-order valence-electron chi connectivity index (χ1n) is 9.04. The number of imide groups is 1. The normalized spacial score (nSPS) is 12.9. The van der Waals surface area contributed by atoms with Gasteiger partial charge in [0.2, 0.25) is 0 Å². The fourth-order valence-electron chi connectivity index (χ4n) is 2.90. The largest absolute Gasteiger partial charge is 0.462 e. The van der Waals surface area contributed by atoms with E-state index < -0.39 is 11.9 Å². The lowest BCUT2D eigenvalue weighted by molar-refractivity contribution is 0.0527. The summed E-state index contributed by atoms with van der Waals surface area (Å²) in [4.78, 5) is 50.7. The molecule has 2 aromatic rings. The van der Waals surface area contributed by atoms with E-state index in [1.165, 1.54) is 34.4 Å². The molecule has 0 atom stereocenters. The summed E-state index contributed by atoms with van der Waals surface area (Å²) in [5.74, 6) is -1.70. The Morgan fingerprint density at radius 3 is 2.57 bits per heavy atom. The topological polar surface area (TPSA) is 92.8 Å². The summed E-state index contributed by atoms with van der Waals surface area (Å²) < 4.78 is 4.97. The number of esters is 1. The molecule has 0 spiro atoms. The van der Waals surface area contributed by atoms with Gasteiger partial charge >= 0.3 is 5.97 Å². The summed E-state index contributed by atoms with van der Waals surface area (Å²) in [5.41, 5.74) is 1.05. The second kappa shape index (κ2) is 8.35. The van der Waals surface area contributed by atoms with Crippen LogP contribution in [0.4, 0.5) is 5.00 Å². The molecule has 28 heavy (non-hydrogen) atoms. The second-order valence-electron chi connectivity index (χ2n) is 6.21. The lowest BCUT2D eigenvalue weighted by Gasteiger charge is -2.12. The van der Waals surface area contributed by atoms with Gasteiger partial charge in [-0.1, -0.05) is 13.3 Å². The van der Waals surface area contributed by atoms with Crippen molar-refractivity contribution in [2.45, 2.75) is 26.7 Å². The standard InChI is InChI=1S/C20H20N2O5S/c1-3-5-9-22-18(24)13-7-6-12(11-15(13)19(22)25)16(23)21-17-14(8-10-28-17)20(26)27-4-2/h6-8,10-11H,3-5,9H2,1-2H3,(H,21,23). The molecule has 1 aromatic carbocycles. The van der Waals surface area contributed by atoms with Crippen LogP contribution in [0.1, 0.15) is 68.1 Å². The third kappa shape index (κ3) is 3.68. The Bertz CT molecular complexity index is 950. The zero-order valence-corrected chi connectivity index (χ0v) is 16.4. The zero-order chi connectivity index (χ0) is 20.3. The number of carbonyl (C=O) groups is 4. The van der Waals surface area contributed by atoms with Gasteiger partial charge < -0.3 is 10.1 Å². The highest BCUT2D eigenvalue weighted by Crippen LogP contribution is 2.27. The van der Waals surface area contributed by atoms with E-state index in [4.69, 9.17) is 4.74 Å². The molecule has 3 rings (SSSR count). The number of anilines is 1. The van der Waals surface area contributed by atoms with Gasteiger partial charge in [-0.25, -0.2) is 4.79 Å². The van der Waals surface area contributed by atoms with E-state index >= 15 is 0 Å². The Balaban J connectivity index is 1.80. The van der Waals surface area contributed by atoms with E-state index in [9.17, 15) is 19.2 Å². The van der Waals surface area contributed by atoms with E-state index in [1.807, 2.05) is 6.92 Å². The average Bonchev–Trinajstić information content (AvgIpc) is 3.24. The first-order chi connectivity index (χ1) is 13.5. The lowest BCUT2D eigenvalue weighted by atomic mass is 10.1. The summed E-state index contributed by atoms with van der Waals surface area (Å²) in [6.07, 6.45) is 1.60. The Morgan fingerprint density at radius 2 is 1.86 bits per heavy atom. The van der Waals surface area contributed by atoms with Gasteiger partial charge in [-0.3, -0.25) is 19.3 Å². The van der Waals surface area contributed by atoms with Crippen LogP contribution >= 0.6 is 11.3 Å². The van der Waals surface area contributed by atoms with Gasteiger partial charge in [0.05, 0.1) is 23.3 Å². The predicted octanol–water partition coefficient (Wildman–Crippen LogP) is 3.57. The minimum absolute atomic E-state index is 0.227. The third-order valence-corrected chi connectivity index (χ3v) is 5.19. The Kier molecular flexibility index (Phi) is 5.89. The Labute approximate surface area is 166 Å². The molecule has 8 heteroatoms. The van der Waals surface area contributed by atoms with Crippen molar-refractivity contribution in [3.05, 3.63) is 51.9 Å². The zero-order valence-electron chi connectivity index (χ0n) is 15.6. The van der Waals surface area contributed by atoms with Gasteiger partial charge in [-0.05, 0) is 43.0 Å². The highest BCUT2D eigenvalue weighted by Gasteiger charge is 2.35. The van der Waals surface area contributed by atoms with Crippen molar-refractivity contribution in [3.63, 3.8) is 0 Å². The lowest BCUT2D eigenvalue weighted by Crippen LogP contribution is -2.30. The number of benzene rings is 1. The van der Waals surface area contributed by atoms with Crippen LogP contribution in [-0.4, -0.2) is 41.7 Å². The van der Waals surface area contributed by atoms with E-state index in [0.29, 0.717) is 17.1 Å². The molecule has 1 aliphatic heterocycles. The van der Waals surface area contributed by atoms with Crippen molar-refractivity contribution in [1.29, 1.82) is 0 Å². The molecule has 0 fully saturated rings. The number of rotatable bonds is 7. The molecular weight excluding hydrogens is 380 g/mol. The quantitative estimate of drug-likeness (QED) is 0.566. The maximum atomic E-state index is 12.6. The number of ether oxygens (including phenoxy) is 1. The van der Waals surface area contributed by atoms with Gasteiger partial charge in [0.1, 0.15) is 5.00 Å². The molecule has 1 aromatic heterocycles. The van der Waals surface area contributed by atoms with Crippen LogP contribution in [0.2, 0.25) is 0 Å². The van der Waals surface area contributed by atoms with Crippen molar-refractivity contribution in [3.8, 4) is 0 Å². The Morgan fingerprint density at radius 1 is 1.11 bits per heavy atom. The fourth-order valence-corrected chi connectivity index (χ4v) is 3.67. The first-order valence-corrected chi connectivity index (χ1v) is 9.92. The molecule has 3 amide bonds. The molecule has 1 aliphatic rings. The molecule has 0 saturated carbocycles. The van der Waals surface area contributed by atoms with E-state index in [0.717, 1.165) is 12.8 Å². The van der Waals surface area contributed by atoms with E-state index in [2.05, 4.69) is 5.32 Å². The molecule has 0 bridgehead atoms. The van der Waals surface area contributed by atoms with Gasteiger partial charge in [-0.2, -0.15) is 0 Å². The summed E-state index contributed by atoms with van der Waals surface area (Å²) >= 11 is 1.20. The number of amides is 3. The number of nitrogens with zero attached hydrogens (tertiary/aromatic N) is 1. The molecule has 0 saturated heterocycles. The van der Waals surface area contributed by atoms with Crippen molar-refractivity contribution < 1.29 is 23.9 Å². The molecule has 7 nitrogen and oxygen atoms in total. The average molecular weight is 400 g/mol. The molecule has 0 aliphatic carbocycles. The summed E-state index contributed by atoms with van der Waals surface area (Å²) in [6, 6.07) is 6.00. The number of hydrogen-bond donors (Lipinski definition) is 1. The first kappa shape index (κ1) is 19.8. The molecule has 1 N–H and O–H groups in total. The van der Waals surface area contributed by atoms with Gasteiger partial charge in [-0.15, -0.1) is 11.3 Å². The third-order valence-electron chi connectivity index (χ3n) is 4.36. The molecule has 0 unspecified atom stereocenters. The second-order valence-corrected chi connectivity index (χ2v) is 7.13. The van der Waals surface area contributed by atoms with Crippen LogP contribution in [0.5, 0.6) is 0 Å². The summed E-state index contributed by atoms with van der Waals surface area (Å²) in [7, 11) is 0. The maximum absolute atomic E-state index is 12.6. The number of unbranched alkanes of at least 4 members (excludes halogenated alkanes) is 1. The van der Waals surface area contributed by atoms with Crippen molar-refractivity contribution >= 4 is 40.0 Å². The van der Waals surface area contributed by atoms with Crippen LogP contribution in [0.25, 0.3) is 0 Å². The molecular formula is C20H20N2O5S. The van der Waals surface area contributed by atoms with Crippen molar-refractivity contribution in [2.75, 3.05) is 18.5 Å². The van der Waals surface area contributed by atoms with Gasteiger partial charge in [0.15, 0.2) is 0 Å². The molecule has 2 heterocycles. The number of nitrogens with one attached hydrogen (secondary N) is 1. The minimum atomic E-state index is -0.514. The molecule has 0 radical (unpaired) electrons. The number of fused-ring (bicyclic) bond motifs is 1. The number of carbonyl (C=O) groups excluding carboxylic acids is 4. The van der Waals surface area contributed by atoms with E-state index in [1.54, 1.807) is 18.4 Å². The summed E-state index contributed by atoms with van der Waals surface area (Å²) in [6.45, 7) is 4.28. The number of hydrogen-bond acceptors (Lipinski definition) is 6. The van der Waals surface area contributed by atoms with Gasteiger partial charge in [0.25, 0.3) is 17.7 Å². The minimum Gasteiger partial charge on any atom is -0.462 e. The summed E-state index contributed by atoms with van der Waals surface area (Å²) in [5, 5.41) is 4.73.